The fraction of sp³-hybridized carbons (Fsp3) is 0.632. The summed E-state index contributed by atoms with van der Waals surface area (Å²) >= 11 is 11.8. The van der Waals surface area contributed by atoms with Gasteiger partial charge >= 0.3 is 0 Å². The van der Waals surface area contributed by atoms with Crippen molar-refractivity contribution in [1.29, 1.82) is 0 Å². The molecule has 1 amide bonds. The zero-order chi connectivity index (χ0) is 20.3. The highest BCUT2D eigenvalue weighted by Crippen LogP contribution is 2.27. The maximum Gasteiger partial charge on any atom is 0.243 e. The van der Waals surface area contributed by atoms with E-state index in [1.165, 1.54) is 35.3 Å². The number of hydrogen-bond acceptors (Lipinski definition) is 4. The van der Waals surface area contributed by atoms with E-state index in [4.69, 9.17) is 23.2 Å². The largest absolute Gasteiger partial charge is 0.352 e. The maximum atomic E-state index is 12.8. The number of piperazine rings is 1. The smallest absolute Gasteiger partial charge is 0.243 e. The topological polar surface area (TPSA) is 69.7 Å². The Bertz CT molecular complexity index is 811. The first-order valence-electron chi connectivity index (χ1n) is 9.74. The molecule has 1 saturated carbocycles. The fourth-order valence-corrected chi connectivity index (χ4v) is 5.71. The lowest BCUT2D eigenvalue weighted by molar-refractivity contribution is -0.123. The van der Waals surface area contributed by atoms with Crippen molar-refractivity contribution in [1.82, 2.24) is 14.5 Å². The summed E-state index contributed by atoms with van der Waals surface area (Å²) in [5.41, 5.74) is 0. The Morgan fingerprint density at radius 2 is 1.79 bits per heavy atom. The van der Waals surface area contributed by atoms with Crippen LogP contribution in [0.2, 0.25) is 10.0 Å². The van der Waals surface area contributed by atoms with Crippen LogP contribution in [-0.2, 0) is 14.8 Å². The lowest BCUT2D eigenvalue weighted by Crippen LogP contribution is -2.52. The van der Waals surface area contributed by atoms with Crippen LogP contribution in [0.3, 0.4) is 0 Å². The fourth-order valence-electron chi connectivity index (χ4n) is 3.90. The predicted molar refractivity (Wildman–Crippen MR) is 111 cm³/mol. The van der Waals surface area contributed by atoms with Crippen molar-refractivity contribution >= 4 is 39.1 Å². The molecule has 3 rings (SSSR count). The summed E-state index contributed by atoms with van der Waals surface area (Å²) < 4.78 is 27.0. The van der Waals surface area contributed by atoms with Crippen LogP contribution < -0.4 is 5.32 Å². The Labute approximate surface area is 177 Å². The first-order chi connectivity index (χ1) is 13.3. The van der Waals surface area contributed by atoms with Gasteiger partial charge in [0.25, 0.3) is 0 Å². The molecule has 0 bridgehead atoms. The van der Waals surface area contributed by atoms with E-state index in [-0.39, 0.29) is 21.9 Å². The van der Waals surface area contributed by atoms with Crippen molar-refractivity contribution in [2.75, 3.05) is 32.7 Å². The van der Waals surface area contributed by atoms with Crippen LogP contribution in [0, 0.1) is 5.92 Å². The Morgan fingerprint density at radius 3 is 2.43 bits per heavy atom. The Morgan fingerprint density at radius 1 is 1.11 bits per heavy atom. The zero-order valence-corrected chi connectivity index (χ0v) is 18.4. The molecule has 2 fully saturated rings. The van der Waals surface area contributed by atoms with Gasteiger partial charge in [-0.2, -0.15) is 4.31 Å². The Kier molecular flexibility index (Phi) is 7.26. The highest BCUT2D eigenvalue weighted by atomic mass is 35.5. The van der Waals surface area contributed by atoms with Crippen LogP contribution >= 0.6 is 23.2 Å². The number of carbonyl (C=O) groups is 1. The number of nitrogens with one attached hydrogen (secondary N) is 1. The first kappa shape index (κ1) is 21.8. The standard InChI is InChI=1S/C19H27Cl2N3O3S/c1-14-4-2-3-5-18(14)22-19(25)13-23-8-10-24(11-9-23)28(26,27)15-6-7-16(20)17(21)12-15/h6-7,12,14,18H,2-5,8-11,13H2,1H3,(H,22,25)/t14-,18-/m0/s1. The third-order valence-corrected chi connectivity index (χ3v) is 8.32. The molecule has 1 aliphatic heterocycles. The average molecular weight is 448 g/mol. The average Bonchev–Trinajstić information content (AvgIpc) is 2.66. The number of halogens is 2. The van der Waals surface area contributed by atoms with Gasteiger partial charge in [0.15, 0.2) is 0 Å². The summed E-state index contributed by atoms with van der Waals surface area (Å²) in [6, 6.07) is 4.60. The molecule has 1 aromatic carbocycles. The molecule has 0 aromatic heterocycles. The van der Waals surface area contributed by atoms with Crippen molar-refractivity contribution in [3.63, 3.8) is 0 Å². The molecule has 1 saturated heterocycles. The molecule has 0 unspecified atom stereocenters. The number of benzene rings is 1. The number of sulfonamides is 1. The van der Waals surface area contributed by atoms with E-state index in [9.17, 15) is 13.2 Å². The molecule has 1 aromatic rings. The van der Waals surface area contributed by atoms with E-state index >= 15 is 0 Å². The molecule has 1 heterocycles. The van der Waals surface area contributed by atoms with Crippen LogP contribution in [-0.4, -0.2) is 62.3 Å². The molecule has 1 aliphatic carbocycles. The van der Waals surface area contributed by atoms with Gasteiger partial charge < -0.3 is 5.32 Å². The van der Waals surface area contributed by atoms with Gasteiger partial charge in [0.05, 0.1) is 21.5 Å². The van der Waals surface area contributed by atoms with Crippen molar-refractivity contribution in [3.8, 4) is 0 Å². The van der Waals surface area contributed by atoms with Crippen molar-refractivity contribution < 1.29 is 13.2 Å². The summed E-state index contributed by atoms with van der Waals surface area (Å²) in [6.45, 7) is 4.23. The summed E-state index contributed by atoms with van der Waals surface area (Å²) in [5, 5.41) is 3.70. The van der Waals surface area contributed by atoms with Gasteiger partial charge in [-0.15, -0.1) is 0 Å². The minimum atomic E-state index is -3.62. The third kappa shape index (κ3) is 5.19. The number of amides is 1. The Hall–Kier alpha value is -0.860. The minimum absolute atomic E-state index is 0.0274. The second kappa shape index (κ2) is 9.30. The number of hydrogen-bond donors (Lipinski definition) is 1. The molecular formula is C19H27Cl2N3O3S. The van der Waals surface area contributed by atoms with E-state index in [2.05, 4.69) is 12.2 Å². The molecule has 2 atom stereocenters. The number of nitrogens with zero attached hydrogens (tertiary/aromatic N) is 2. The monoisotopic (exact) mass is 447 g/mol. The van der Waals surface area contributed by atoms with Gasteiger partial charge in [0, 0.05) is 32.2 Å². The third-order valence-electron chi connectivity index (χ3n) is 5.69. The van der Waals surface area contributed by atoms with Crippen LogP contribution in [0.5, 0.6) is 0 Å². The van der Waals surface area contributed by atoms with E-state index in [1.54, 1.807) is 0 Å². The lowest BCUT2D eigenvalue weighted by atomic mass is 9.86. The van der Waals surface area contributed by atoms with E-state index in [0.717, 1.165) is 12.8 Å². The Balaban J connectivity index is 1.52. The maximum absolute atomic E-state index is 12.8. The quantitative estimate of drug-likeness (QED) is 0.752. The van der Waals surface area contributed by atoms with Gasteiger partial charge in [0.1, 0.15) is 0 Å². The van der Waals surface area contributed by atoms with Gasteiger partial charge in [-0.25, -0.2) is 8.42 Å². The zero-order valence-electron chi connectivity index (χ0n) is 16.0. The number of carbonyl (C=O) groups excluding carboxylic acids is 1. The molecule has 0 spiro atoms. The highest BCUT2D eigenvalue weighted by Gasteiger charge is 2.30. The summed E-state index contributed by atoms with van der Waals surface area (Å²) in [6.07, 6.45) is 4.61. The summed E-state index contributed by atoms with van der Waals surface area (Å²) in [7, 11) is -3.62. The molecule has 156 valence electrons. The molecule has 2 aliphatic rings. The molecular weight excluding hydrogens is 421 g/mol. The van der Waals surface area contributed by atoms with Crippen molar-refractivity contribution in [2.24, 2.45) is 5.92 Å². The normalized spacial score (nSPS) is 24.8. The van der Waals surface area contributed by atoms with Gasteiger partial charge in [-0.1, -0.05) is 43.0 Å². The van der Waals surface area contributed by atoms with Crippen LogP contribution in [0.4, 0.5) is 0 Å². The van der Waals surface area contributed by atoms with E-state index in [0.29, 0.717) is 43.7 Å². The predicted octanol–water partition coefficient (Wildman–Crippen LogP) is 2.99. The minimum Gasteiger partial charge on any atom is -0.352 e. The lowest BCUT2D eigenvalue weighted by Gasteiger charge is -2.34. The first-order valence-corrected chi connectivity index (χ1v) is 11.9. The molecule has 6 nitrogen and oxygen atoms in total. The second-order valence-corrected chi connectivity index (χ2v) is 10.4. The van der Waals surface area contributed by atoms with Crippen molar-refractivity contribution in [3.05, 3.63) is 28.2 Å². The van der Waals surface area contributed by atoms with E-state index < -0.39 is 10.0 Å². The molecule has 1 N–H and O–H groups in total. The summed E-state index contributed by atoms with van der Waals surface area (Å²) in [4.78, 5) is 14.5. The van der Waals surface area contributed by atoms with Gasteiger partial charge in [-0.05, 0) is 37.0 Å². The van der Waals surface area contributed by atoms with Crippen molar-refractivity contribution in [2.45, 2.75) is 43.5 Å². The van der Waals surface area contributed by atoms with Crippen LogP contribution in [0.15, 0.2) is 23.1 Å². The van der Waals surface area contributed by atoms with Crippen LogP contribution in [0.25, 0.3) is 0 Å². The van der Waals surface area contributed by atoms with Gasteiger partial charge in [0.2, 0.25) is 15.9 Å². The number of rotatable bonds is 5. The molecule has 28 heavy (non-hydrogen) atoms. The van der Waals surface area contributed by atoms with E-state index in [1.807, 2.05) is 4.90 Å². The molecule has 0 radical (unpaired) electrons. The highest BCUT2D eigenvalue weighted by molar-refractivity contribution is 7.89. The second-order valence-electron chi connectivity index (χ2n) is 7.69. The van der Waals surface area contributed by atoms with Gasteiger partial charge in [-0.3, -0.25) is 9.69 Å². The SMILES string of the molecule is C[C@H]1CCCC[C@@H]1NC(=O)CN1CCN(S(=O)(=O)c2ccc(Cl)c(Cl)c2)CC1. The van der Waals surface area contributed by atoms with Crippen LogP contribution in [0.1, 0.15) is 32.6 Å². The summed E-state index contributed by atoms with van der Waals surface area (Å²) in [5.74, 6) is 0.547. The molecule has 9 heteroatoms.